The first-order chi connectivity index (χ1) is 8.78. The molecule has 16 heavy (non-hydrogen) atoms. The molecule has 3 nitrogen and oxygen atoms in total. The molecule has 0 N–H and O–H groups in total. The molecule has 3 heteroatoms. The Kier molecular flexibility index (Phi) is 1.92. The highest BCUT2D eigenvalue weighted by atomic mass is 16.7. The standard InChI is InChI=1S/C13H17NO2/c1-10-12(15)14(13(10,2)3)16-9-11-7-5-4-6-8-11/h4-8,10H,9H2,1-3H3/t10-/m1/s1/i2D3/t10-,13+. The van der Waals surface area contributed by atoms with Crippen LogP contribution >= 0.6 is 0 Å². The summed E-state index contributed by atoms with van der Waals surface area (Å²) in [5.41, 5.74) is -0.360. The molecule has 1 heterocycles. The lowest BCUT2D eigenvalue weighted by atomic mass is 9.80. The molecule has 1 saturated heterocycles. The lowest BCUT2D eigenvalue weighted by Crippen LogP contribution is -2.66. The van der Waals surface area contributed by atoms with Crippen molar-refractivity contribution in [1.82, 2.24) is 5.06 Å². The first-order valence-corrected chi connectivity index (χ1v) is 5.29. The zero-order chi connectivity index (χ0) is 14.3. The van der Waals surface area contributed by atoms with E-state index >= 15 is 0 Å². The molecule has 1 aliphatic rings. The number of hydroxylamine groups is 2. The predicted molar refractivity (Wildman–Crippen MR) is 61.3 cm³/mol. The van der Waals surface area contributed by atoms with Crippen molar-refractivity contribution in [3.63, 3.8) is 0 Å². The van der Waals surface area contributed by atoms with Crippen LogP contribution in [0, 0.1) is 5.92 Å². The van der Waals surface area contributed by atoms with E-state index in [1.165, 1.54) is 6.92 Å². The molecule has 2 atom stereocenters. The molecule has 0 unspecified atom stereocenters. The van der Waals surface area contributed by atoms with E-state index in [1.807, 2.05) is 30.3 Å². The van der Waals surface area contributed by atoms with Gasteiger partial charge in [-0.15, -0.1) is 0 Å². The van der Waals surface area contributed by atoms with Gasteiger partial charge in [0.15, 0.2) is 0 Å². The molecular weight excluding hydrogens is 202 g/mol. The van der Waals surface area contributed by atoms with E-state index < -0.39 is 18.3 Å². The third-order valence-electron chi connectivity index (χ3n) is 3.04. The van der Waals surface area contributed by atoms with E-state index in [0.717, 1.165) is 10.6 Å². The first kappa shape index (κ1) is 7.85. The van der Waals surface area contributed by atoms with Crippen molar-refractivity contribution in [2.75, 3.05) is 0 Å². The number of hydrogen-bond acceptors (Lipinski definition) is 2. The molecule has 1 aromatic rings. The van der Waals surface area contributed by atoms with Crippen molar-refractivity contribution in [3.8, 4) is 0 Å². The second kappa shape index (κ2) is 3.91. The van der Waals surface area contributed by atoms with Crippen LogP contribution in [0.4, 0.5) is 0 Å². The summed E-state index contributed by atoms with van der Waals surface area (Å²) in [6.07, 6.45) is 0. The fourth-order valence-corrected chi connectivity index (χ4v) is 1.67. The molecule has 0 bridgehead atoms. The summed E-state index contributed by atoms with van der Waals surface area (Å²) in [7, 11) is 0. The van der Waals surface area contributed by atoms with Gasteiger partial charge in [0.2, 0.25) is 0 Å². The van der Waals surface area contributed by atoms with Gasteiger partial charge in [0.25, 0.3) is 5.91 Å². The van der Waals surface area contributed by atoms with Gasteiger partial charge in [-0.2, -0.15) is 0 Å². The summed E-state index contributed by atoms with van der Waals surface area (Å²) in [6.45, 7) is 1.08. The lowest BCUT2D eigenvalue weighted by molar-refractivity contribution is -0.270. The monoisotopic (exact) mass is 222 g/mol. The minimum atomic E-state index is -2.27. The average Bonchev–Trinajstić information content (AvgIpc) is 2.37. The van der Waals surface area contributed by atoms with Crippen LogP contribution in [0.1, 0.15) is 30.4 Å². The van der Waals surface area contributed by atoms with Gasteiger partial charge in [-0.1, -0.05) is 37.3 Å². The molecule has 0 aliphatic carbocycles. The van der Waals surface area contributed by atoms with Crippen LogP contribution in [-0.4, -0.2) is 16.5 Å². The van der Waals surface area contributed by atoms with Crippen LogP contribution in [0.15, 0.2) is 30.3 Å². The molecular formula is C13H17NO2. The zero-order valence-corrected chi connectivity index (χ0v) is 9.43. The van der Waals surface area contributed by atoms with Gasteiger partial charge in [0.05, 0.1) is 11.5 Å². The number of carbonyl (C=O) groups excluding carboxylic acids is 1. The van der Waals surface area contributed by atoms with Crippen molar-refractivity contribution in [3.05, 3.63) is 35.9 Å². The highest BCUT2D eigenvalue weighted by Gasteiger charge is 2.52. The molecule has 0 spiro atoms. The number of β-lactam (4-membered cyclic amide) rings is 1. The normalized spacial score (nSPS) is 32.6. The molecule has 1 amide bonds. The summed E-state index contributed by atoms with van der Waals surface area (Å²) >= 11 is 0. The van der Waals surface area contributed by atoms with E-state index in [-0.39, 0.29) is 12.5 Å². The smallest absolute Gasteiger partial charge is 0.251 e. The maximum Gasteiger partial charge on any atom is 0.251 e. The van der Waals surface area contributed by atoms with Crippen molar-refractivity contribution >= 4 is 5.91 Å². The SMILES string of the molecule is [2H]C([2H])([2H])[C@]1(C)[C@H](C)C(=O)N1OCc1ccccc1. The second-order valence-electron chi connectivity index (χ2n) is 4.26. The fraction of sp³-hybridized carbons (Fsp3) is 0.462. The van der Waals surface area contributed by atoms with E-state index in [4.69, 9.17) is 8.95 Å². The summed E-state index contributed by atoms with van der Waals surface area (Å²) in [6, 6.07) is 9.33. The average molecular weight is 222 g/mol. The lowest BCUT2D eigenvalue weighted by Gasteiger charge is -2.50. The molecule has 0 aromatic heterocycles. The van der Waals surface area contributed by atoms with E-state index in [2.05, 4.69) is 0 Å². The van der Waals surface area contributed by atoms with Crippen molar-refractivity contribution in [2.45, 2.75) is 32.8 Å². The maximum atomic E-state index is 11.8. The van der Waals surface area contributed by atoms with Gasteiger partial charge in [0.1, 0.15) is 6.61 Å². The van der Waals surface area contributed by atoms with Crippen LogP contribution in [0.25, 0.3) is 0 Å². The second-order valence-corrected chi connectivity index (χ2v) is 4.26. The third-order valence-corrected chi connectivity index (χ3v) is 3.04. The Hall–Kier alpha value is -1.35. The molecule has 86 valence electrons. The van der Waals surface area contributed by atoms with Gasteiger partial charge in [-0.25, -0.2) is 5.06 Å². The quantitative estimate of drug-likeness (QED) is 0.735. The Morgan fingerprint density at radius 1 is 1.50 bits per heavy atom. The highest BCUT2D eigenvalue weighted by molar-refractivity contribution is 5.86. The van der Waals surface area contributed by atoms with Gasteiger partial charge >= 0.3 is 0 Å². The van der Waals surface area contributed by atoms with Gasteiger partial charge < -0.3 is 0 Å². The number of hydrogen-bond donors (Lipinski definition) is 0. The highest BCUT2D eigenvalue weighted by Crippen LogP contribution is 2.37. The van der Waals surface area contributed by atoms with Crippen LogP contribution in [-0.2, 0) is 16.2 Å². The van der Waals surface area contributed by atoms with Crippen LogP contribution in [0.5, 0.6) is 0 Å². The number of carbonyl (C=O) groups is 1. The summed E-state index contributed by atoms with van der Waals surface area (Å²) < 4.78 is 22.7. The topological polar surface area (TPSA) is 29.5 Å². The van der Waals surface area contributed by atoms with Gasteiger partial charge in [-0.3, -0.25) is 9.63 Å². The summed E-state index contributed by atoms with van der Waals surface area (Å²) in [4.78, 5) is 17.2. The van der Waals surface area contributed by atoms with E-state index in [9.17, 15) is 4.79 Å². The van der Waals surface area contributed by atoms with E-state index in [0.29, 0.717) is 0 Å². The van der Waals surface area contributed by atoms with Crippen LogP contribution < -0.4 is 0 Å². The van der Waals surface area contributed by atoms with Gasteiger partial charge in [-0.05, 0) is 19.3 Å². The zero-order valence-electron chi connectivity index (χ0n) is 12.4. The Labute approximate surface area is 100 Å². The third kappa shape index (κ3) is 1.71. The maximum absolute atomic E-state index is 11.8. The number of benzene rings is 1. The first-order valence-electron chi connectivity index (χ1n) is 6.79. The molecule has 1 fully saturated rings. The molecule has 1 aliphatic heterocycles. The Morgan fingerprint density at radius 2 is 2.19 bits per heavy atom. The Morgan fingerprint density at radius 3 is 2.81 bits per heavy atom. The van der Waals surface area contributed by atoms with E-state index in [1.54, 1.807) is 6.92 Å². The number of amides is 1. The summed E-state index contributed by atoms with van der Waals surface area (Å²) in [5, 5.41) is 1.01. The minimum Gasteiger partial charge on any atom is -0.272 e. The molecule has 2 rings (SSSR count). The molecule has 1 aromatic carbocycles. The number of rotatable bonds is 3. The van der Waals surface area contributed by atoms with Crippen molar-refractivity contribution in [2.24, 2.45) is 5.92 Å². The van der Waals surface area contributed by atoms with Crippen molar-refractivity contribution in [1.29, 1.82) is 0 Å². The fourth-order valence-electron chi connectivity index (χ4n) is 1.67. The molecule has 0 radical (unpaired) electrons. The van der Waals surface area contributed by atoms with Crippen LogP contribution in [0.3, 0.4) is 0 Å². The van der Waals surface area contributed by atoms with Gasteiger partial charge in [0, 0.05) is 4.11 Å². The number of nitrogens with zero attached hydrogens (tertiary/aromatic N) is 1. The summed E-state index contributed by atoms with van der Waals surface area (Å²) in [5.74, 6) is -0.842. The van der Waals surface area contributed by atoms with Crippen LogP contribution in [0.2, 0.25) is 0 Å². The minimum absolute atomic E-state index is 0.185. The Balaban J connectivity index is 2.09. The van der Waals surface area contributed by atoms with Crippen molar-refractivity contribution < 1.29 is 13.7 Å². The largest absolute Gasteiger partial charge is 0.272 e. The molecule has 0 saturated carbocycles. The Bertz CT molecular complexity index is 475. The predicted octanol–water partition coefficient (Wildman–Crippen LogP) is 2.38.